The molecule has 2 aromatic rings. The van der Waals surface area contributed by atoms with E-state index in [9.17, 15) is 9.59 Å². The number of hydrogen-bond donors (Lipinski definition) is 0. The van der Waals surface area contributed by atoms with Crippen LogP contribution < -0.4 is 14.2 Å². The summed E-state index contributed by atoms with van der Waals surface area (Å²) in [5.74, 6) is -0.266. The number of methoxy groups -OCH3 is 1. The molecule has 4 rings (SSSR count). The van der Waals surface area contributed by atoms with Crippen molar-refractivity contribution < 1.29 is 28.5 Å². The molecular weight excluding hydrogens is 348 g/mol. The van der Waals surface area contributed by atoms with Crippen molar-refractivity contribution in [3.8, 4) is 17.2 Å². The third kappa shape index (κ3) is 2.91. The van der Waals surface area contributed by atoms with Crippen molar-refractivity contribution >= 4 is 11.8 Å². The molecule has 0 spiro atoms. The fourth-order valence-electron chi connectivity index (χ4n) is 3.68. The van der Waals surface area contributed by atoms with Crippen LogP contribution in [0.3, 0.4) is 0 Å². The number of Topliss-reactive ketones (excluding diaryl/α,β-unsaturated/α-hetero) is 1. The van der Waals surface area contributed by atoms with E-state index in [-0.39, 0.29) is 12.6 Å². The number of benzene rings is 2. The lowest BCUT2D eigenvalue weighted by Crippen LogP contribution is -2.26. The van der Waals surface area contributed by atoms with Crippen LogP contribution >= 0.6 is 0 Å². The molecule has 6 nitrogen and oxygen atoms in total. The molecule has 1 heterocycles. The van der Waals surface area contributed by atoms with Gasteiger partial charge >= 0.3 is 5.97 Å². The molecule has 0 fully saturated rings. The summed E-state index contributed by atoms with van der Waals surface area (Å²) >= 11 is 0. The van der Waals surface area contributed by atoms with E-state index in [1.165, 1.54) is 7.11 Å². The zero-order valence-corrected chi connectivity index (χ0v) is 15.2. The average molecular weight is 368 g/mol. The van der Waals surface area contributed by atoms with Gasteiger partial charge in [0.15, 0.2) is 17.3 Å². The van der Waals surface area contributed by atoms with Crippen LogP contribution in [-0.2, 0) is 9.53 Å². The van der Waals surface area contributed by atoms with E-state index >= 15 is 0 Å². The van der Waals surface area contributed by atoms with Gasteiger partial charge in [-0.2, -0.15) is 0 Å². The molecule has 0 aromatic heterocycles. The van der Waals surface area contributed by atoms with Crippen LogP contribution in [-0.4, -0.2) is 32.3 Å². The van der Waals surface area contributed by atoms with Gasteiger partial charge in [-0.25, -0.2) is 0 Å². The number of ketones is 1. The van der Waals surface area contributed by atoms with Crippen molar-refractivity contribution in [2.24, 2.45) is 5.92 Å². The molecule has 1 aliphatic heterocycles. The van der Waals surface area contributed by atoms with Crippen molar-refractivity contribution in [1.29, 1.82) is 0 Å². The second-order valence-corrected chi connectivity index (χ2v) is 6.55. The quantitative estimate of drug-likeness (QED) is 0.596. The summed E-state index contributed by atoms with van der Waals surface area (Å²) in [4.78, 5) is 25.5. The summed E-state index contributed by atoms with van der Waals surface area (Å²) in [5, 5.41) is 0. The molecule has 0 saturated carbocycles. The Balaban J connectivity index is 1.79. The number of carbonyl (C=O) groups is 2. The summed E-state index contributed by atoms with van der Waals surface area (Å²) in [6.07, 6.45) is 0.871. The van der Waals surface area contributed by atoms with Gasteiger partial charge in [0.25, 0.3) is 0 Å². The van der Waals surface area contributed by atoms with Gasteiger partial charge in [-0.05, 0) is 41.8 Å². The van der Waals surface area contributed by atoms with Gasteiger partial charge in [0.1, 0.15) is 11.7 Å². The third-order valence-corrected chi connectivity index (χ3v) is 4.92. The Morgan fingerprint density at radius 3 is 2.74 bits per heavy atom. The van der Waals surface area contributed by atoms with Gasteiger partial charge in [-0.3, -0.25) is 9.59 Å². The number of ether oxygens (including phenoxy) is 4. The molecule has 0 bridgehead atoms. The first kappa shape index (κ1) is 17.4. The van der Waals surface area contributed by atoms with E-state index in [0.717, 1.165) is 17.5 Å². The normalized spacial score (nSPS) is 19.7. The van der Waals surface area contributed by atoms with Crippen LogP contribution in [0.25, 0.3) is 0 Å². The summed E-state index contributed by atoms with van der Waals surface area (Å²) in [7, 11) is 1.30. The number of fused-ring (bicyclic) bond motifs is 2. The molecule has 6 heteroatoms. The van der Waals surface area contributed by atoms with Crippen LogP contribution in [0.15, 0.2) is 36.4 Å². The molecule has 0 saturated heterocycles. The molecule has 0 radical (unpaired) electrons. The maximum atomic E-state index is 13.0. The van der Waals surface area contributed by atoms with E-state index in [1.54, 1.807) is 12.1 Å². The highest BCUT2D eigenvalue weighted by molar-refractivity contribution is 6.14. The fraction of sp³-hybridized carbons (Fsp3) is 0.333. The Bertz CT molecular complexity index is 904. The maximum absolute atomic E-state index is 13.0. The first-order chi connectivity index (χ1) is 13.1. The molecule has 2 unspecified atom stereocenters. The van der Waals surface area contributed by atoms with Gasteiger partial charge in [-0.1, -0.05) is 19.1 Å². The first-order valence-electron chi connectivity index (χ1n) is 8.92. The molecule has 2 atom stereocenters. The second-order valence-electron chi connectivity index (χ2n) is 6.55. The predicted octanol–water partition coefficient (Wildman–Crippen LogP) is 3.32. The maximum Gasteiger partial charge on any atom is 0.317 e. The molecule has 1 aliphatic carbocycles. The summed E-state index contributed by atoms with van der Waals surface area (Å²) in [6.45, 7) is 2.75. The minimum atomic E-state index is -0.924. The number of rotatable bonds is 5. The van der Waals surface area contributed by atoms with Crippen molar-refractivity contribution in [1.82, 2.24) is 0 Å². The van der Waals surface area contributed by atoms with Crippen LogP contribution in [0.1, 0.15) is 40.7 Å². The Kier molecular flexibility index (Phi) is 4.48. The van der Waals surface area contributed by atoms with E-state index < -0.39 is 17.8 Å². The Morgan fingerprint density at radius 1 is 1.15 bits per heavy atom. The van der Waals surface area contributed by atoms with Gasteiger partial charge in [-0.15, -0.1) is 0 Å². The molecule has 0 N–H and O–H groups in total. The Hall–Kier alpha value is -3.02. The molecule has 0 amide bonds. The number of hydrogen-bond acceptors (Lipinski definition) is 6. The smallest absolute Gasteiger partial charge is 0.317 e. The molecular formula is C21H20O6. The van der Waals surface area contributed by atoms with Crippen molar-refractivity contribution in [2.75, 3.05) is 20.5 Å². The molecule has 140 valence electrons. The first-order valence-corrected chi connectivity index (χ1v) is 8.92. The molecule has 27 heavy (non-hydrogen) atoms. The zero-order valence-electron chi connectivity index (χ0n) is 15.2. The lowest BCUT2D eigenvalue weighted by molar-refractivity contribution is -0.143. The van der Waals surface area contributed by atoms with Gasteiger partial charge in [0.2, 0.25) is 6.79 Å². The van der Waals surface area contributed by atoms with Crippen molar-refractivity contribution in [3.05, 3.63) is 53.1 Å². The largest absolute Gasteiger partial charge is 0.494 e. The van der Waals surface area contributed by atoms with E-state index in [0.29, 0.717) is 29.4 Å². The van der Waals surface area contributed by atoms with E-state index in [1.807, 2.05) is 31.2 Å². The molecule has 2 aromatic carbocycles. The summed E-state index contributed by atoms with van der Waals surface area (Å²) in [6, 6.07) is 10.9. The van der Waals surface area contributed by atoms with Gasteiger partial charge in [0, 0.05) is 11.5 Å². The standard InChI is InChI=1S/C21H20O6/c1-3-8-25-13-5-6-14-15(10-13)20(22)19(21(23)24-2)18(14)12-4-7-16-17(9-12)27-11-26-16/h4-7,9-10,18-19H,3,8,11H2,1-2H3. The number of carbonyl (C=O) groups excluding carboxylic acids is 2. The Labute approximate surface area is 157 Å². The van der Waals surface area contributed by atoms with Crippen LogP contribution in [0.4, 0.5) is 0 Å². The van der Waals surface area contributed by atoms with Gasteiger partial charge in [0.05, 0.1) is 13.7 Å². The lowest BCUT2D eigenvalue weighted by Gasteiger charge is -2.18. The fourth-order valence-corrected chi connectivity index (χ4v) is 3.68. The minimum absolute atomic E-state index is 0.164. The highest BCUT2D eigenvalue weighted by Crippen LogP contribution is 2.46. The van der Waals surface area contributed by atoms with Crippen LogP contribution in [0.5, 0.6) is 17.2 Å². The van der Waals surface area contributed by atoms with E-state index in [2.05, 4.69) is 0 Å². The third-order valence-electron chi connectivity index (χ3n) is 4.92. The van der Waals surface area contributed by atoms with Crippen molar-refractivity contribution in [2.45, 2.75) is 19.3 Å². The van der Waals surface area contributed by atoms with E-state index in [4.69, 9.17) is 18.9 Å². The second kappa shape index (κ2) is 6.95. The monoisotopic (exact) mass is 368 g/mol. The lowest BCUT2D eigenvalue weighted by atomic mass is 9.85. The highest BCUT2D eigenvalue weighted by atomic mass is 16.7. The zero-order chi connectivity index (χ0) is 19.0. The topological polar surface area (TPSA) is 71.1 Å². The average Bonchev–Trinajstić information content (AvgIpc) is 3.27. The minimum Gasteiger partial charge on any atom is -0.494 e. The van der Waals surface area contributed by atoms with Crippen molar-refractivity contribution in [3.63, 3.8) is 0 Å². The molecule has 2 aliphatic rings. The highest BCUT2D eigenvalue weighted by Gasteiger charge is 2.46. The predicted molar refractivity (Wildman–Crippen MR) is 96.5 cm³/mol. The Morgan fingerprint density at radius 2 is 1.96 bits per heavy atom. The van der Waals surface area contributed by atoms with Gasteiger partial charge < -0.3 is 18.9 Å². The summed E-state index contributed by atoms with van der Waals surface area (Å²) < 4.78 is 21.4. The van der Waals surface area contributed by atoms with Crippen LogP contribution in [0, 0.1) is 5.92 Å². The number of esters is 1. The van der Waals surface area contributed by atoms with Crippen LogP contribution in [0.2, 0.25) is 0 Å². The summed E-state index contributed by atoms with van der Waals surface area (Å²) in [5.41, 5.74) is 2.10. The SMILES string of the molecule is CCCOc1ccc2c(c1)C(=O)C(C(=O)OC)C2c1ccc2c(c1)OCO2.